The van der Waals surface area contributed by atoms with Gasteiger partial charge in [0.15, 0.2) is 14.1 Å². The summed E-state index contributed by atoms with van der Waals surface area (Å²) in [5.74, 6) is -0.861. The Hall–Kier alpha value is -0.493. The van der Waals surface area contributed by atoms with E-state index in [-0.39, 0.29) is 22.8 Å². The third kappa shape index (κ3) is 2.61. The predicted octanol–water partition coefficient (Wildman–Crippen LogP) is 4.70. The van der Waals surface area contributed by atoms with Gasteiger partial charge in [0.05, 0.1) is 11.5 Å². The number of hydrogen-bond donors (Lipinski definition) is 0. The summed E-state index contributed by atoms with van der Waals surface area (Å²) >= 11 is 0. The van der Waals surface area contributed by atoms with Crippen LogP contribution in [0.25, 0.3) is 0 Å². The van der Waals surface area contributed by atoms with Gasteiger partial charge >= 0.3 is 0 Å². The first-order valence-electron chi connectivity index (χ1n) is 10.1. The Morgan fingerprint density at radius 1 is 1.12 bits per heavy atom. The Labute approximate surface area is 159 Å². The number of hydrogen-bond acceptors (Lipinski definition) is 4. The first-order valence-corrected chi connectivity index (χ1v) is 13.0. The number of carbonyl (C=O) groups excluding carboxylic acids is 1. The predicted molar refractivity (Wildman–Crippen MR) is 105 cm³/mol. The highest BCUT2D eigenvalue weighted by atomic mass is 28.4. The van der Waals surface area contributed by atoms with E-state index in [0.29, 0.717) is 5.92 Å². The van der Waals surface area contributed by atoms with Crippen molar-refractivity contribution in [3.8, 4) is 0 Å². The standard InChI is InChI=1S/C21H36O4Si/c1-19(2,3)26(6,7)25-17-11-9-8-10-16-14-15-12-13-20(16,17)21(23-4,24-5)18(15)22/h12-13,15-17H,8-11,14H2,1-7H3/t15?,16-,17-,20?/m0/s1. The molecule has 0 radical (unpaired) electrons. The fourth-order valence-corrected chi connectivity index (χ4v) is 6.62. The van der Waals surface area contributed by atoms with Crippen LogP contribution >= 0.6 is 0 Å². The van der Waals surface area contributed by atoms with Gasteiger partial charge in [0.2, 0.25) is 5.79 Å². The highest BCUT2D eigenvalue weighted by Gasteiger charge is 2.70. The normalized spacial score (nSPS) is 36.7. The fourth-order valence-electron chi connectivity index (χ4n) is 5.25. The maximum Gasteiger partial charge on any atom is 0.241 e. The summed E-state index contributed by atoms with van der Waals surface area (Å²) in [5.41, 5.74) is -0.519. The van der Waals surface area contributed by atoms with Crippen LogP contribution in [0, 0.1) is 17.3 Å². The van der Waals surface area contributed by atoms with Crippen LogP contribution < -0.4 is 0 Å². The quantitative estimate of drug-likeness (QED) is 0.403. The Kier molecular flexibility index (Phi) is 5.09. The third-order valence-corrected chi connectivity index (χ3v) is 12.2. The topological polar surface area (TPSA) is 44.8 Å². The lowest BCUT2D eigenvalue weighted by molar-refractivity contribution is -0.292. The second-order valence-corrected chi connectivity index (χ2v) is 14.6. The maximum absolute atomic E-state index is 13.3. The van der Waals surface area contributed by atoms with Gasteiger partial charge in [-0.1, -0.05) is 45.8 Å². The van der Waals surface area contributed by atoms with E-state index in [2.05, 4.69) is 46.0 Å². The lowest BCUT2D eigenvalue weighted by atomic mass is 9.52. The summed E-state index contributed by atoms with van der Waals surface area (Å²) in [6.07, 6.45) is 9.58. The largest absolute Gasteiger partial charge is 0.413 e. The summed E-state index contributed by atoms with van der Waals surface area (Å²) in [7, 11) is 1.24. The molecule has 0 aliphatic heterocycles. The van der Waals surface area contributed by atoms with Gasteiger partial charge in [-0.05, 0) is 43.3 Å². The Balaban J connectivity index is 2.13. The van der Waals surface area contributed by atoms with Crippen molar-refractivity contribution < 1.29 is 18.7 Å². The molecule has 4 aliphatic carbocycles. The molecule has 5 heteroatoms. The number of Topliss-reactive ketones (excluding diaryl/α,β-unsaturated/α-hetero) is 1. The van der Waals surface area contributed by atoms with Crippen LogP contribution in [0.5, 0.6) is 0 Å². The van der Waals surface area contributed by atoms with Crippen molar-refractivity contribution in [2.45, 2.75) is 82.9 Å². The van der Waals surface area contributed by atoms with Crippen LogP contribution in [0.2, 0.25) is 18.1 Å². The highest BCUT2D eigenvalue weighted by Crippen LogP contribution is 2.61. The first kappa shape index (κ1) is 20.2. The summed E-state index contributed by atoms with van der Waals surface area (Å²) in [4.78, 5) is 13.3. The van der Waals surface area contributed by atoms with Crippen molar-refractivity contribution in [3.05, 3.63) is 12.2 Å². The SMILES string of the molecule is COC1(OC)C(=O)C2C=CC13[C@@H](CCCC[C@@H]3O[Si](C)(C)C(C)(C)C)C2. The summed E-state index contributed by atoms with van der Waals surface area (Å²) in [6.45, 7) is 11.4. The molecular formula is C21H36O4Si. The van der Waals surface area contributed by atoms with Gasteiger partial charge in [-0.25, -0.2) is 0 Å². The van der Waals surface area contributed by atoms with Crippen molar-refractivity contribution in [1.29, 1.82) is 0 Å². The molecular weight excluding hydrogens is 344 g/mol. The molecule has 1 spiro atoms. The molecule has 2 unspecified atom stereocenters. The summed E-state index contributed by atoms with van der Waals surface area (Å²) in [6, 6.07) is 0. The molecule has 4 rings (SSSR count). The molecule has 2 saturated carbocycles. The maximum atomic E-state index is 13.3. The van der Waals surface area contributed by atoms with Gasteiger partial charge in [-0.2, -0.15) is 0 Å². The van der Waals surface area contributed by atoms with E-state index in [1.807, 2.05) is 0 Å². The van der Waals surface area contributed by atoms with Crippen molar-refractivity contribution in [1.82, 2.24) is 0 Å². The number of rotatable bonds is 4. The molecule has 0 aromatic carbocycles. The summed E-state index contributed by atoms with van der Waals surface area (Å²) in [5, 5.41) is 0.119. The smallest absolute Gasteiger partial charge is 0.241 e. The van der Waals surface area contributed by atoms with Crippen LogP contribution in [0.15, 0.2) is 12.2 Å². The number of allylic oxidation sites excluding steroid dienone is 1. The zero-order valence-corrected chi connectivity index (χ0v) is 18.6. The van der Waals surface area contributed by atoms with E-state index in [1.165, 1.54) is 6.42 Å². The van der Waals surface area contributed by atoms with Gasteiger partial charge in [-0.15, -0.1) is 0 Å². The minimum Gasteiger partial charge on any atom is -0.413 e. The van der Waals surface area contributed by atoms with E-state index in [9.17, 15) is 4.79 Å². The highest BCUT2D eigenvalue weighted by molar-refractivity contribution is 6.74. The number of ketones is 1. The first-order chi connectivity index (χ1) is 12.1. The van der Waals surface area contributed by atoms with E-state index in [0.717, 1.165) is 25.7 Å². The molecule has 0 aromatic rings. The van der Waals surface area contributed by atoms with Crippen LogP contribution in [0.1, 0.15) is 52.9 Å². The average Bonchev–Trinajstić information content (AvgIpc) is 2.75. The van der Waals surface area contributed by atoms with E-state index < -0.39 is 19.5 Å². The van der Waals surface area contributed by atoms with Gasteiger partial charge in [0.1, 0.15) is 0 Å². The fraction of sp³-hybridized carbons (Fsp3) is 0.857. The minimum atomic E-state index is -2.00. The molecule has 2 bridgehead atoms. The van der Waals surface area contributed by atoms with Crippen LogP contribution in [0.4, 0.5) is 0 Å². The van der Waals surface area contributed by atoms with Crippen LogP contribution in [-0.4, -0.2) is 40.2 Å². The minimum absolute atomic E-state index is 0.0442. The Morgan fingerprint density at radius 2 is 1.73 bits per heavy atom. The second-order valence-electron chi connectivity index (χ2n) is 9.87. The molecule has 0 amide bonds. The molecule has 2 fully saturated rings. The lowest BCUT2D eigenvalue weighted by Crippen LogP contribution is -2.71. The van der Waals surface area contributed by atoms with Gasteiger partial charge < -0.3 is 13.9 Å². The van der Waals surface area contributed by atoms with Gasteiger partial charge in [-0.3, -0.25) is 4.79 Å². The van der Waals surface area contributed by atoms with Gasteiger partial charge in [0, 0.05) is 20.1 Å². The van der Waals surface area contributed by atoms with Gasteiger partial charge in [0.25, 0.3) is 0 Å². The number of ether oxygens (including phenoxy) is 2. The zero-order chi connectivity index (χ0) is 19.4. The van der Waals surface area contributed by atoms with Crippen molar-refractivity contribution in [3.63, 3.8) is 0 Å². The monoisotopic (exact) mass is 380 g/mol. The Morgan fingerprint density at radius 3 is 2.31 bits per heavy atom. The van der Waals surface area contributed by atoms with Crippen molar-refractivity contribution in [2.24, 2.45) is 17.3 Å². The van der Waals surface area contributed by atoms with E-state index in [4.69, 9.17) is 13.9 Å². The second kappa shape index (κ2) is 6.54. The summed E-state index contributed by atoms with van der Waals surface area (Å²) < 4.78 is 18.9. The molecule has 4 atom stereocenters. The lowest BCUT2D eigenvalue weighted by Gasteiger charge is -2.60. The Bertz CT molecular complexity index is 587. The third-order valence-electron chi connectivity index (χ3n) is 7.67. The van der Waals surface area contributed by atoms with E-state index in [1.54, 1.807) is 14.2 Å². The zero-order valence-electron chi connectivity index (χ0n) is 17.6. The molecule has 0 heterocycles. The molecule has 0 saturated heterocycles. The van der Waals surface area contributed by atoms with Crippen molar-refractivity contribution in [2.75, 3.05) is 14.2 Å². The number of methoxy groups -OCH3 is 2. The van der Waals surface area contributed by atoms with Crippen LogP contribution in [-0.2, 0) is 18.7 Å². The molecule has 4 aliphatic rings. The molecule has 148 valence electrons. The molecule has 0 aromatic heterocycles. The molecule has 26 heavy (non-hydrogen) atoms. The number of fused-ring (bicyclic) bond motifs is 1. The molecule has 4 nitrogen and oxygen atoms in total. The van der Waals surface area contributed by atoms with Crippen molar-refractivity contribution >= 4 is 14.1 Å². The molecule has 0 N–H and O–H groups in total. The van der Waals surface area contributed by atoms with Crippen LogP contribution in [0.3, 0.4) is 0 Å². The van der Waals surface area contributed by atoms with E-state index >= 15 is 0 Å². The number of carbonyl (C=O) groups is 1. The average molecular weight is 381 g/mol.